The first-order valence-electron chi connectivity index (χ1n) is 3.63. The highest BCUT2D eigenvalue weighted by atomic mass is 19.1. The fourth-order valence-electron chi connectivity index (χ4n) is 1.28. The van der Waals surface area contributed by atoms with E-state index in [0.29, 0.717) is 19.5 Å². The predicted molar refractivity (Wildman–Crippen MR) is 40.7 cm³/mol. The summed E-state index contributed by atoms with van der Waals surface area (Å²) in [5, 5.41) is 8.43. The second kappa shape index (κ2) is 3.02. The van der Waals surface area contributed by atoms with Gasteiger partial charge in [0.05, 0.1) is 0 Å². The number of likely N-dealkylation sites (tertiary alicyclic amines) is 1. The predicted octanol–water partition coefficient (Wildman–Crippen LogP) is 1.11. The molecule has 0 saturated carbocycles. The number of alkyl halides is 1. The minimum absolute atomic E-state index is 0.232. The van der Waals surface area contributed by atoms with Crippen LogP contribution in [0.5, 0.6) is 0 Å². The van der Waals surface area contributed by atoms with Crippen LogP contribution in [0, 0.1) is 11.3 Å². The fourth-order valence-corrected chi connectivity index (χ4v) is 1.28. The lowest BCUT2D eigenvalue weighted by molar-refractivity contribution is 0.236. The molecule has 0 N–H and O–H groups in total. The summed E-state index contributed by atoms with van der Waals surface area (Å²) in [7, 11) is 0. The Bertz CT molecular complexity index is 197. The molecule has 1 unspecified atom stereocenters. The van der Waals surface area contributed by atoms with Gasteiger partial charge in [0.15, 0.2) is 0 Å². The van der Waals surface area contributed by atoms with Crippen LogP contribution in [0.1, 0.15) is 6.42 Å². The summed E-state index contributed by atoms with van der Waals surface area (Å²) in [6.45, 7) is 5.12. The fraction of sp³-hybridized carbons (Fsp3) is 0.625. The smallest absolute Gasteiger partial charge is 0.209 e. The molecule has 1 atom stereocenters. The van der Waals surface area contributed by atoms with Crippen LogP contribution in [0.15, 0.2) is 12.7 Å². The lowest BCUT2D eigenvalue weighted by atomic mass is 10.1. The van der Waals surface area contributed by atoms with Crippen LogP contribution < -0.4 is 0 Å². The molecule has 0 aromatic carbocycles. The van der Waals surface area contributed by atoms with Gasteiger partial charge in [-0.2, -0.15) is 5.26 Å². The number of nitriles is 1. The van der Waals surface area contributed by atoms with Gasteiger partial charge in [-0.3, -0.25) is 4.90 Å². The number of hydrogen-bond acceptors (Lipinski definition) is 2. The second-order valence-electron chi connectivity index (χ2n) is 2.85. The molecule has 1 fully saturated rings. The molecule has 60 valence electrons. The monoisotopic (exact) mass is 154 g/mol. The molecule has 2 nitrogen and oxygen atoms in total. The van der Waals surface area contributed by atoms with Crippen molar-refractivity contribution < 1.29 is 4.39 Å². The Labute approximate surface area is 65.9 Å². The third-order valence-corrected chi connectivity index (χ3v) is 1.89. The molecule has 0 amide bonds. The van der Waals surface area contributed by atoms with Gasteiger partial charge in [0, 0.05) is 26.1 Å². The Morgan fingerprint density at radius 2 is 2.55 bits per heavy atom. The zero-order chi connectivity index (χ0) is 8.32. The maximum atomic E-state index is 13.2. The Balaban J connectivity index is 2.47. The van der Waals surface area contributed by atoms with Gasteiger partial charge in [-0.05, 0) is 0 Å². The largest absolute Gasteiger partial charge is 0.295 e. The Kier molecular flexibility index (Phi) is 2.25. The summed E-state index contributed by atoms with van der Waals surface area (Å²) in [6.07, 6.45) is 2.06. The van der Waals surface area contributed by atoms with Gasteiger partial charge < -0.3 is 0 Å². The molecule has 1 aliphatic heterocycles. The second-order valence-corrected chi connectivity index (χ2v) is 2.85. The van der Waals surface area contributed by atoms with Crippen LogP contribution >= 0.6 is 0 Å². The number of hydrogen-bond donors (Lipinski definition) is 0. The van der Waals surface area contributed by atoms with Crippen molar-refractivity contribution in [2.45, 2.75) is 12.1 Å². The molecule has 0 radical (unpaired) electrons. The number of nitrogens with zero attached hydrogens (tertiary/aromatic N) is 2. The summed E-state index contributed by atoms with van der Waals surface area (Å²) in [5.74, 6) is 0. The van der Waals surface area contributed by atoms with E-state index >= 15 is 0 Å². The topological polar surface area (TPSA) is 27.0 Å². The SMILES string of the molecule is C=CCN1CCC(F)(C#N)C1. The highest BCUT2D eigenvalue weighted by Gasteiger charge is 2.37. The van der Waals surface area contributed by atoms with Crippen molar-refractivity contribution in [1.82, 2.24) is 4.90 Å². The number of rotatable bonds is 2. The van der Waals surface area contributed by atoms with Crippen molar-refractivity contribution >= 4 is 0 Å². The molecule has 0 bridgehead atoms. The third kappa shape index (κ3) is 1.78. The zero-order valence-corrected chi connectivity index (χ0v) is 6.39. The zero-order valence-electron chi connectivity index (χ0n) is 6.39. The Morgan fingerprint density at radius 1 is 1.82 bits per heavy atom. The number of halogens is 1. The molecule has 0 aliphatic carbocycles. The van der Waals surface area contributed by atoms with E-state index in [-0.39, 0.29) is 6.54 Å². The minimum atomic E-state index is -1.61. The first-order valence-corrected chi connectivity index (χ1v) is 3.63. The van der Waals surface area contributed by atoms with Gasteiger partial charge >= 0.3 is 0 Å². The molecule has 11 heavy (non-hydrogen) atoms. The third-order valence-electron chi connectivity index (χ3n) is 1.89. The van der Waals surface area contributed by atoms with E-state index in [1.54, 1.807) is 12.1 Å². The maximum Gasteiger partial charge on any atom is 0.209 e. The summed E-state index contributed by atoms with van der Waals surface area (Å²) in [6, 6.07) is 1.69. The van der Waals surface area contributed by atoms with Gasteiger partial charge in [-0.15, -0.1) is 6.58 Å². The molecule has 0 spiro atoms. The lowest BCUT2D eigenvalue weighted by Gasteiger charge is -2.12. The molecule has 1 rings (SSSR count). The van der Waals surface area contributed by atoms with Gasteiger partial charge in [-0.1, -0.05) is 6.08 Å². The van der Waals surface area contributed by atoms with E-state index in [0.717, 1.165) is 0 Å². The summed E-state index contributed by atoms with van der Waals surface area (Å²) < 4.78 is 13.2. The van der Waals surface area contributed by atoms with Crippen molar-refractivity contribution in [3.05, 3.63) is 12.7 Å². The van der Waals surface area contributed by atoms with Gasteiger partial charge in [0.25, 0.3) is 0 Å². The van der Waals surface area contributed by atoms with Crippen molar-refractivity contribution in [3.8, 4) is 6.07 Å². The average Bonchev–Trinajstić information content (AvgIpc) is 2.35. The maximum absolute atomic E-state index is 13.2. The van der Waals surface area contributed by atoms with Crippen LogP contribution in [0.2, 0.25) is 0 Å². The van der Waals surface area contributed by atoms with E-state index in [4.69, 9.17) is 5.26 Å². The van der Waals surface area contributed by atoms with E-state index in [1.807, 2.05) is 4.90 Å². The molecule has 0 aromatic rings. The van der Waals surface area contributed by atoms with E-state index in [9.17, 15) is 4.39 Å². The summed E-state index contributed by atoms with van der Waals surface area (Å²) >= 11 is 0. The van der Waals surface area contributed by atoms with Gasteiger partial charge in [0.2, 0.25) is 5.67 Å². The molecule has 3 heteroatoms. The molecule has 1 aliphatic rings. The summed E-state index contributed by atoms with van der Waals surface area (Å²) in [4.78, 5) is 1.89. The molecule has 1 heterocycles. The van der Waals surface area contributed by atoms with Crippen LogP contribution in [0.3, 0.4) is 0 Å². The summed E-state index contributed by atoms with van der Waals surface area (Å²) in [5.41, 5.74) is -1.61. The van der Waals surface area contributed by atoms with E-state index in [2.05, 4.69) is 6.58 Å². The van der Waals surface area contributed by atoms with Crippen LogP contribution in [0.25, 0.3) is 0 Å². The van der Waals surface area contributed by atoms with E-state index in [1.165, 1.54) is 0 Å². The minimum Gasteiger partial charge on any atom is -0.295 e. The van der Waals surface area contributed by atoms with E-state index < -0.39 is 5.67 Å². The highest BCUT2D eigenvalue weighted by molar-refractivity contribution is 5.07. The van der Waals surface area contributed by atoms with Gasteiger partial charge in [-0.25, -0.2) is 4.39 Å². The molecular weight excluding hydrogens is 143 g/mol. The lowest BCUT2D eigenvalue weighted by Crippen LogP contribution is -2.27. The molecule has 0 aromatic heterocycles. The van der Waals surface area contributed by atoms with Crippen LogP contribution in [-0.2, 0) is 0 Å². The normalized spacial score (nSPS) is 31.6. The molecule has 1 saturated heterocycles. The van der Waals surface area contributed by atoms with Crippen molar-refractivity contribution in [2.24, 2.45) is 0 Å². The highest BCUT2D eigenvalue weighted by Crippen LogP contribution is 2.23. The van der Waals surface area contributed by atoms with Crippen LogP contribution in [0.4, 0.5) is 4.39 Å². The Morgan fingerprint density at radius 3 is 3.00 bits per heavy atom. The van der Waals surface area contributed by atoms with Gasteiger partial charge in [0.1, 0.15) is 6.07 Å². The average molecular weight is 154 g/mol. The van der Waals surface area contributed by atoms with Crippen LogP contribution in [-0.4, -0.2) is 30.2 Å². The van der Waals surface area contributed by atoms with Crippen molar-refractivity contribution in [2.75, 3.05) is 19.6 Å². The Hall–Kier alpha value is -0.880. The first kappa shape index (κ1) is 8.22. The first-order chi connectivity index (χ1) is 5.20. The van der Waals surface area contributed by atoms with Crippen molar-refractivity contribution in [3.63, 3.8) is 0 Å². The quantitative estimate of drug-likeness (QED) is 0.557. The van der Waals surface area contributed by atoms with Crippen molar-refractivity contribution in [1.29, 1.82) is 5.26 Å². The standard InChI is InChI=1S/C8H11FN2/c1-2-4-11-5-3-8(9,6-10)7-11/h2H,1,3-5,7H2. The molecular formula is C8H11FN2.